The summed E-state index contributed by atoms with van der Waals surface area (Å²) in [6.45, 7) is 4.02. The van der Waals surface area contributed by atoms with Crippen LogP contribution in [0.15, 0.2) is 18.2 Å². The van der Waals surface area contributed by atoms with Gasteiger partial charge in [-0.3, -0.25) is 0 Å². The molecule has 72 valence electrons. The van der Waals surface area contributed by atoms with Gasteiger partial charge in [-0.05, 0) is 23.1 Å². The molecule has 1 aromatic carbocycles. The first kappa shape index (κ1) is 10.5. The number of aromatic hydroxyl groups is 1. The van der Waals surface area contributed by atoms with Crippen LogP contribution in [0.4, 0.5) is 4.39 Å². The molecular weight excluding hydrogens is 235 g/mol. The fourth-order valence-corrected chi connectivity index (χ4v) is 1.33. The van der Waals surface area contributed by atoms with Gasteiger partial charge in [0.05, 0.1) is 0 Å². The van der Waals surface area contributed by atoms with Gasteiger partial charge < -0.3 is 5.11 Å². The van der Waals surface area contributed by atoms with Crippen molar-refractivity contribution in [3.8, 4) is 5.75 Å². The van der Waals surface area contributed by atoms with Crippen molar-refractivity contribution in [2.75, 3.05) is 5.33 Å². The van der Waals surface area contributed by atoms with Crippen molar-refractivity contribution in [2.24, 2.45) is 0 Å². The van der Waals surface area contributed by atoms with Gasteiger partial charge in [-0.2, -0.15) is 0 Å². The third-order valence-electron chi connectivity index (χ3n) is 2.06. The summed E-state index contributed by atoms with van der Waals surface area (Å²) in [5.74, 6) is -0.861. The van der Waals surface area contributed by atoms with Crippen LogP contribution in [0.2, 0.25) is 0 Å². The van der Waals surface area contributed by atoms with E-state index < -0.39 is 5.82 Å². The maximum absolute atomic E-state index is 13.0. The zero-order valence-electron chi connectivity index (χ0n) is 7.64. The van der Waals surface area contributed by atoms with E-state index in [9.17, 15) is 4.39 Å². The number of benzene rings is 1. The van der Waals surface area contributed by atoms with Gasteiger partial charge in [-0.25, -0.2) is 4.39 Å². The number of phenols is 1. The van der Waals surface area contributed by atoms with Gasteiger partial charge in [0.1, 0.15) is 0 Å². The first-order valence-corrected chi connectivity index (χ1v) is 5.14. The smallest absolute Gasteiger partial charge is 0.165 e. The second-order valence-electron chi connectivity index (χ2n) is 3.68. The van der Waals surface area contributed by atoms with E-state index in [0.29, 0.717) is 0 Å². The highest BCUT2D eigenvalue weighted by atomic mass is 79.9. The molecule has 0 unspecified atom stereocenters. The summed E-state index contributed by atoms with van der Waals surface area (Å²) in [6, 6.07) is 4.49. The minimum Gasteiger partial charge on any atom is -0.505 e. The molecule has 0 aliphatic heterocycles. The number of rotatable bonds is 2. The molecule has 1 nitrogen and oxygen atoms in total. The lowest BCUT2D eigenvalue weighted by Crippen LogP contribution is -2.18. The Morgan fingerprint density at radius 2 is 2.08 bits per heavy atom. The Kier molecular flexibility index (Phi) is 2.96. The average molecular weight is 247 g/mol. The predicted octanol–water partition coefficient (Wildman–Crippen LogP) is 3.20. The first-order chi connectivity index (χ1) is 5.97. The summed E-state index contributed by atoms with van der Waals surface area (Å²) in [5.41, 5.74) is 0.758. The summed E-state index contributed by atoms with van der Waals surface area (Å²) in [5, 5.41) is 9.75. The zero-order valence-corrected chi connectivity index (χ0v) is 9.23. The van der Waals surface area contributed by atoms with Crippen molar-refractivity contribution in [2.45, 2.75) is 19.3 Å². The van der Waals surface area contributed by atoms with Crippen molar-refractivity contribution in [3.63, 3.8) is 0 Å². The lowest BCUT2D eigenvalue weighted by atomic mass is 9.87. The Morgan fingerprint density at radius 3 is 2.54 bits per heavy atom. The van der Waals surface area contributed by atoms with E-state index in [1.807, 2.05) is 13.8 Å². The van der Waals surface area contributed by atoms with E-state index in [4.69, 9.17) is 5.11 Å². The average Bonchev–Trinajstić information content (AvgIpc) is 2.09. The maximum atomic E-state index is 13.0. The predicted molar refractivity (Wildman–Crippen MR) is 54.9 cm³/mol. The van der Waals surface area contributed by atoms with Gasteiger partial charge >= 0.3 is 0 Å². The van der Waals surface area contributed by atoms with Crippen LogP contribution in [0.1, 0.15) is 19.4 Å². The van der Waals surface area contributed by atoms with Crippen molar-refractivity contribution < 1.29 is 9.50 Å². The van der Waals surface area contributed by atoms with Crippen LogP contribution in [-0.4, -0.2) is 10.4 Å². The fraction of sp³-hybridized carbons (Fsp3) is 0.400. The summed E-state index contributed by atoms with van der Waals surface area (Å²) in [7, 11) is 0. The van der Waals surface area contributed by atoms with Crippen LogP contribution in [0.5, 0.6) is 5.75 Å². The molecule has 0 aliphatic rings. The molecule has 0 radical (unpaired) electrons. The molecule has 0 fully saturated rings. The lowest BCUT2D eigenvalue weighted by Gasteiger charge is -2.22. The van der Waals surface area contributed by atoms with Gasteiger partial charge in [0.15, 0.2) is 11.6 Å². The molecule has 1 N–H and O–H groups in total. The first-order valence-electron chi connectivity index (χ1n) is 4.02. The second kappa shape index (κ2) is 3.66. The van der Waals surface area contributed by atoms with Crippen LogP contribution in [-0.2, 0) is 5.41 Å². The van der Waals surface area contributed by atoms with Crippen molar-refractivity contribution in [3.05, 3.63) is 29.6 Å². The third kappa shape index (κ3) is 2.21. The molecule has 1 aromatic rings. The molecule has 3 heteroatoms. The Hall–Kier alpha value is -0.570. The monoisotopic (exact) mass is 246 g/mol. The molecule has 0 aromatic heterocycles. The number of phenolic OH excluding ortho intramolecular Hbond substituents is 1. The Labute approximate surface area is 85.7 Å². The van der Waals surface area contributed by atoms with Crippen molar-refractivity contribution in [1.29, 1.82) is 0 Å². The molecule has 0 bridgehead atoms. The summed E-state index contributed by atoms with van der Waals surface area (Å²) in [4.78, 5) is 0. The molecule has 0 atom stereocenters. The van der Waals surface area contributed by atoms with Crippen LogP contribution >= 0.6 is 15.9 Å². The highest BCUT2D eigenvalue weighted by molar-refractivity contribution is 9.09. The van der Waals surface area contributed by atoms with E-state index in [-0.39, 0.29) is 11.2 Å². The number of halogens is 2. The summed E-state index contributed by atoms with van der Waals surface area (Å²) >= 11 is 3.37. The molecule has 0 spiro atoms. The molecule has 1 rings (SSSR count). The minimum absolute atomic E-state index is 0.117. The Morgan fingerprint density at radius 1 is 1.46 bits per heavy atom. The SMILES string of the molecule is CC(C)(CBr)c1ccc(O)c(F)c1. The Bertz CT molecular complexity index is 310. The number of alkyl halides is 1. The highest BCUT2D eigenvalue weighted by Crippen LogP contribution is 2.28. The standard InChI is InChI=1S/C10H12BrFO/c1-10(2,6-11)7-3-4-9(13)8(12)5-7/h3-5,13H,6H2,1-2H3. The number of hydrogen-bond acceptors (Lipinski definition) is 1. The highest BCUT2D eigenvalue weighted by Gasteiger charge is 2.19. The van der Waals surface area contributed by atoms with Crippen molar-refractivity contribution >= 4 is 15.9 Å². The molecule has 0 heterocycles. The third-order valence-corrected chi connectivity index (χ3v) is 3.47. The van der Waals surface area contributed by atoms with Gasteiger partial charge in [-0.1, -0.05) is 35.8 Å². The molecule has 13 heavy (non-hydrogen) atoms. The van der Waals surface area contributed by atoms with E-state index >= 15 is 0 Å². The largest absolute Gasteiger partial charge is 0.505 e. The molecule has 0 amide bonds. The van der Waals surface area contributed by atoms with Crippen molar-refractivity contribution in [1.82, 2.24) is 0 Å². The summed E-state index contributed by atoms with van der Waals surface area (Å²) in [6.07, 6.45) is 0. The van der Waals surface area contributed by atoms with Crippen LogP contribution in [0, 0.1) is 5.82 Å². The topological polar surface area (TPSA) is 20.2 Å². The van der Waals surface area contributed by atoms with E-state index in [2.05, 4.69) is 15.9 Å². The normalized spacial score (nSPS) is 11.7. The Balaban J connectivity index is 3.10. The number of hydrogen-bond donors (Lipinski definition) is 1. The van der Waals surface area contributed by atoms with Crippen LogP contribution in [0.3, 0.4) is 0 Å². The van der Waals surface area contributed by atoms with E-state index in [0.717, 1.165) is 10.9 Å². The fourth-order valence-electron chi connectivity index (χ4n) is 1.01. The minimum atomic E-state index is -0.563. The summed E-state index contributed by atoms with van der Waals surface area (Å²) < 4.78 is 13.0. The van der Waals surface area contributed by atoms with Gasteiger partial charge in [0, 0.05) is 5.33 Å². The van der Waals surface area contributed by atoms with E-state index in [1.54, 1.807) is 6.07 Å². The molecular formula is C10H12BrFO. The molecule has 0 saturated carbocycles. The molecule has 0 aliphatic carbocycles. The lowest BCUT2D eigenvalue weighted by molar-refractivity contribution is 0.430. The van der Waals surface area contributed by atoms with Gasteiger partial charge in [0.2, 0.25) is 0 Å². The van der Waals surface area contributed by atoms with Crippen LogP contribution in [0.25, 0.3) is 0 Å². The van der Waals surface area contributed by atoms with Gasteiger partial charge in [-0.15, -0.1) is 0 Å². The van der Waals surface area contributed by atoms with Gasteiger partial charge in [0.25, 0.3) is 0 Å². The second-order valence-corrected chi connectivity index (χ2v) is 4.24. The van der Waals surface area contributed by atoms with Crippen LogP contribution < -0.4 is 0 Å². The zero-order chi connectivity index (χ0) is 10.1. The van der Waals surface area contributed by atoms with E-state index in [1.165, 1.54) is 12.1 Å². The maximum Gasteiger partial charge on any atom is 0.165 e. The molecule has 0 saturated heterocycles. The quantitative estimate of drug-likeness (QED) is 0.795.